The van der Waals surface area contributed by atoms with Crippen molar-refractivity contribution in [1.82, 2.24) is 4.57 Å². The van der Waals surface area contributed by atoms with Crippen LogP contribution in [0.1, 0.15) is 12.5 Å². The lowest BCUT2D eigenvalue weighted by Crippen LogP contribution is -2.14. The predicted molar refractivity (Wildman–Crippen MR) is 115 cm³/mol. The van der Waals surface area contributed by atoms with Gasteiger partial charge in [-0.1, -0.05) is 18.2 Å². The Balaban J connectivity index is 1.60. The van der Waals surface area contributed by atoms with Crippen LogP contribution in [-0.4, -0.2) is 13.0 Å². The molecule has 0 aliphatic heterocycles. The number of aromatic nitrogens is 1. The van der Waals surface area contributed by atoms with Crippen LogP contribution in [0.4, 0.5) is 5.69 Å². The minimum atomic E-state index is -3.88. The van der Waals surface area contributed by atoms with E-state index in [4.69, 9.17) is 9.15 Å². The van der Waals surface area contributed by atoms with Gasteiger partial charge in [0, 0.05) is 18.3 Å². The van der Waals surface area contributed by atoms with Crippen LogP contribution in [0.2, 0.25) is 0 Å². The molecule has 0 atom stereocenters. The van der Waals surface area contributed by atoms with Crippen molar-refractivity contribution in [2.45, 2.75) is 25.3 Å². The molecule has 0 aliphatic rings. The highest BCUT2D eigenvalue weighted by molar-refractivity contribution is 7.92. The molecule has 0 unspecified atom stereocenters. The summed E-state index contributed by atoms with van der Waals surface area (Å²) in [4.78, 5) is 12.0. The van der Waals surface area contributed by atoms with Gasteiger partial charge in [0.15, 0.2) is 5.58 Å². The van der Waals surface area contributed by atoms with Crippen LogP contribution in [0.5, 0.6) is 11.5 Å². The van der Waals surface area contributed by atoms with Crippen molar-refractivity contribution in [2.75, 3.05) is 4.72 Å². The van der Waals surface area contributed by atoms with Crippen LogP contribution in [-0.2, 0) is 16.6 Å². The maximum absolute atomic E-state index is 12.9. The third-order valence-electron chi connectivity index (χ3n) is 4.66. The van der Waals surface area contributed by atoms with Crippen LogP contribution in [0.25, 0.3) is 11.1 Å². The number of benzene rings is 3. The lowest BCUT2D eigenvalue weighted by molar-refractivity contribution is 0.483. The summed E-state index contributed by atoms with van der Waals surface area (Å²) in [7, 11) is -3.88. The molecule has 0 amide bonds. The van der Waals surface area contributed by atoms with Crippen molar-refractivity contribution < 1.29 is 17.6 Å². The number of anilines is 1. The van der Waals surface area contributed by atoms with Crippen LogP contribution < -0.4 is 15.2 Å². The minimum absolute atomic E-state index is 0.0524. The second kappa shape index (κ2) is 7.72. The molecule has 8 heteroatoms. The number of hydrogen-bond acceptors (Lipinski definition) is 5. The number of oxazole rings is 1. The zero-order valence-corrected chi connectivity index (χ0v) is 17.3. The first-order valence-electron chi connectivity index (χ1n) is 9.37. The molecule has 7 nitrogen and oxygen atoms in total. The van der Waals surface area contributed by atoms with E-state index >= 15 is 0 Å². The molecule has 0 fully saturated rings. The number of para-hydroxylation sites is 1. The number of ether oxygens (including phenoxy) is 1. The van der Waals surface area contributed by atoms with E-state index in [1.165, 1.54) is 10.6 Å². The van der Waals surface area contributed by atoms with Gasteiger partial charge in [0.1, 0.15) is 11.5 Å². The minimum Gasteiger partial charge on any atom is -0.457 e. The molecule has 1 N–H and O–H groups in total. The van der Waals surface area contributed by atoms with Gasteiger partial charge in [0.05, 0.1) is 10.4 Å². The molecule has 1 aromatic heterocycles. The van der Waals surface area contributed by atoms with E-state index in [-0.39, 0.29) is 10.5 Å². The number of aryl methyl sites for hydroxylation is 2. The molecule has 0 radical (unpaired) electrons. The van der Waals surface area contributed by atoms with Crippen molar-refractivity contribution in [3.8, 4) is 11.5 Å². The lowest BCUT2D eigenvalue weighted by atomic mass is 10.2. The zero-order valence-electron chi connectivity index (χ0n) is 16.5. The monoisotopic (exact) mass is 424 g/mol. The predicted octanol–water partition coefficient (Wildman–Crippen LogP) is 4.52. The highest BCUT2D eigenvalue weighted by atomic mass is 32.2. The van der Waals surface area contributed by atoms with Gasteiger partial charge in [-0.15, -0.1) is 0 Å². The topological polar surface area (TPSA) is 90.5 Å². The van der Waals surface area contributed by atoms with E-state index in [1.807, 2.05) is 37.3 Å². The van der Waals surface area contributed by atoms with Crippen molar-refractivity contribution in [2.24, 2.45) is 0 Å². The van der Waals surface area contributed by atoms with E-state index in [2.05, 4.69) is 4.72 Å². The van der Waals surface area contributed by atoms with Crippen LogP contribution in [0.15, 0.2) is 80.8 Å². The summed E-state index contributed by atoms with van der Waals surface area (Å²) in [6.07, 6.45) is 0. The molecule has 0 bridgehead atoms. The Hall–Kier alpha value is -3.52. The SMILES string of the molecule is CCn1c(=O)oc2cc(S(=O)(=O)Nc3ccc(Oc4ccccc4)cc3)c(C)cc21. The summed E-state index contributed by atoms with van der Waals surface area (Å²) in [5.74, 6) is 0.767. The number of hydrogen-bond donors (Lipinski definition) is 1. The van der Waals surface area contributed by atoms with Crippen molar-refractivity contribution in [1.29, 1.82) is 0 Å². The van der Waals surface area contributed by atoms with Crippen LogP contribution in [0.3, 0.4) is 0 Å². The van der Waals surface area contributed by atoms with Crippen molar-refractivity contribution in [3.63, 3.8) is 0 Å². The summed E-state index contributed by atoms with van der Waals surface area (Å²) in [5.41, 5.74) is 1.71. The molecule has 0 aliphatic carbocycles. The fourth-order valence-corrected chi connectivity index (χ4v) is 4.51. The van der Waals surface area contributed by atoms with Gasteiger partial charge >= 0.3 is 5.76 Å². The molecule has 1 heterocycles. The summed E-state index contributed by atoms with van der Waals surface area (Å²) in [6.45, 7) is 3.94. The van der Waals surface area contributed by atoms with Gasteiger partial charge in [-0.3, -0.25) is 9.29 Å². The average molecular weight is 424 g/mol. The largest absolute Gasteiger partial charge is 0.457 e. The second-order valence-corrected chi connectivity index (χ2v) is 8.39. The number of nitrogens with zero attached hydrogens (tertiary/aromatic N) is 1. The second-order valence-electron chi connectivity index (χ2n) is 6.74. The molecular weight excluding hydrogens is 404 g/mol. The normalized spacial score (nSPS) is 11.5. The molecule has 30 heavy (non-hydrogen) atoms. The first-order chi connectivity index (χ1) is 14.4. The zero-order chi connectivity index (χ0) is 21.3. The van der Waals surface area contributed by atoms with Gasteiger partial charge in [0.2, 0.25) is 0 Å². The molecule has 154 valence electrons. The van der Waals surface area contributed by atoms with Gasteiger partial charge in [0.25, 0.3) is 10.0 Å². The summed E-state index contributed by atoms with van der Waals surface area (Å²) in [6, 6.07) is 18.9. The van der Waals surface area contributed by atoms with E-state index in [0.29, 0.717) is 34.8 Å². The van der Waals surface area contributed by atoms with Crippen LogP contribution in [0, 0.1) is 6.92 Å². The summed E-state index contributed by atoms with van der Waals surface area (Å²) < 4.78 is 40.8. The Bertz CT molecular complexity index is 1350. The molecule has 4 aromatic rings. The van der Waals surface area contributed by atoms with Gasteiger partial charge < -0.3 is 9.15 Å². The summed E-state index contributed by atoms with van der Waals surface area (Å²) in [5, 5.41) is 0. The van der Waals surface area contributed by atoms with E-state index in [9.17, 15) is 13.2 Å². The van der Waals surface area contributed by atoms with E-state index in [0.717, 1.165) is 0 Å². The quantitative estimate of drug-likeness (QED) is 0.492. The van der Waals surface area contributed by atoms with Crippen LogP contribution >= 0.6 is 0 Å². The Morgan fingerprint density at radius 2 is 1.67 bits per heavy atom. The maximum Gasteiger partial charge on any atom is 0.419 e. The Labute approximate surface area is 173 Å². The molecule has 4 rings (SSSR count). The first kappa shape index (κ1) is 19.8. The van der Waals surface area contributed by atoms with E-state index in [1.54, 1.807) is 37.3 Å². The van der Waals surface area contributed by atoms with Gasteiger partial charge in [-0.25, -0.2) is 13.2 Å². The fourth-order valence-electron chi connectivity index (χ4n) is 3.21. The average Bonchev–Trinajstić information content (AvgIpc) is 3.03. The number of sulfonamides is 1. The van der Waals surface area contributed by atoms with Crippen molar-refractivity contribution in [3.05, 3.63) is 82.8 Å². The Morgan fingerprint density at radius 1 is 1.00 bits per heavy atom. The maximum atomic E-state index is 12.9. The van der Waals surface area contributed by atoms with Gasteiger partial charge in [-0.05, 0) is 61.9 Å². The molecule has 3 aromatic carbocycles. The molecule has 0 saturated heterocycles. The highest BCUT2D eigenvalue weighted by Crippen LogP contribution is 2.27. The number of nitrogens with one attached hydrogen (secondary N) is 1. The third-order valence-corrected chi connectivity index (χ3v) is 6.18. The molecule has 0 saturated carbocycles. The number of fused-ring (bicyclic) bond motifs is 1. The standard InChI is InChI=1S/C22H20N2O5S/c1-3-24-19-13-15(2)21(14-20(19)29-22(24)25)30(26,27)23-16-9-11-18(12-10-16)28-17-7-5-4-6-8-17/h4-14,23H,3H2,1-2H3. The molecular formula is C22H20N2O5S. The lowest BCUT2D eigenvalue weighted by Gasteiger charge is -2.11. The van der Waals surface area contributed by atoms with E-state index < -0.39 is 15.8 Å². The summed E-state index contributed by atoms with van der Waals surface area (Å²) >= 11 is 0. The fraction of sp³-hybridized carbons (Fsp3) is 0.136. The number of rotatable bonds is 6. The first-order valence-corrected chi connectivity index (χ1v) is 10.9. The Kier molecular flexibility index (Phi) is 5.09. The van der Waals surface area contributed by atoms with Gasteiger partial charge in [-0.2, -0.15) is 0 Å². The molecule has 0 spiro atoms. The highest BCUT2D eigenvalue weighted by Gasteiger charge is 2.20. The third kappa shape index (κ3) is 3.81. The smallest absolute Gasteiger partial charge is 0.419 e. The van der Waals surface area contributed by atoms with Crippen molar-refractivity contribution >= 4 is 26.8 Å². The Morgan fingerprint density at radius 3 is 2.33 bits per heavy atom.